The summed E-state index contributed by atoms with van der Waals surface area (Å²) in [5.74, 6) is 0.378. The number of nitrogens with zero attached hydrogens (tertiary/aromatic N) is 6. The number of aliphatic hydroxyl groups excluding tert-OH is 1. The number of ether oxygens (including phenoxy) is 2. The molecule has 12 nitrogen and oxygen atoms in total. The Morgan fingerprint density at radius 1 is 0.855 bits per heavy atom. The molecule has 3 fully saturated rings. The normalized spacial score (nSPS) is 23.3. The summed E-state index contributed by atoms with van der Waals surface area (Å²) >= 11 is 0. The lowest BCUT2D eigenvalue weighted by Crippen LogP contribution is -2.46. The zero-order chi connectivity index (χ0) is 43.2. The molecule has 4 aliphatic heterocycles. The van der Waals surface area contributed by atoms with Gasteiger partial charge < -0.3 is 29.3 Å². The number of aliphatic hydroxyl groups is 1. The van der Waals surface area contributed by atoms with Crippen LogP contribution in [0.3, 0.4) is 0 Å². The first kappa shape index (κ1) is 41.5. The minimum atomic E-state index is -1.36. The fourth-order valence-corrected chi connectivity index (χ4v) is 10.6. The molecule has 9 rings (SSSR count). The number of benzene rings is 4. The summed E-state index contributed by atoms with van der Waals surface area (Å²) in [5.41, 5.74) is 4.55. The Hall–Kier alpha value is -5.85. The summed E-state index contributed by atoms with van der Waals surface area (Å²) in [6, 6.07) is 31.5. The van der Waals surface area contributed by atoms with Crippen LogP contribution < -0.4 is 19.4 Å². The highest BCUT2D eigenvalue weighted by Crippen LogP contribution is 2.60. The highest BCUT2D eigenvalue weighted by atomic mass is 16.5. The van der Waals surface area contributed by atoms with Crippen molar-refractivity contribution in [2.75, 3.05) is 34.9 Å². The number of hydrogen-bond donors (Lipinski definition) is 1. The number of anilines is 3. The van der Waals surface area contributed by atoms with Crippen molar-refractivity contribution in [2.24, 2.45) is 11.8 Å². The van der Waals surface area contributed by atoms with E-state index < -0.39 is 23.2 Å². The number of amides is 3. The van der Waals surface area contributed by atoms with Crippen LogP contribution >= 0.6 is 0 Å². The number of aromatic nitrogens is 3. The van der Waals surface area contributed by atoms with Crippen LogP contribution in [0.4, 0.5) is 17.1 Å². The second-order valence-corrected chi connectivity index (χ2v) is 17.9. The predicted octanol–water partition coefficient (Wildman–Crippen LogP) is 7.86. The SMILES string of the molecule is COc1ccc(C(C)(C)[C@H]2[C@H](CCn3cc([C@H](O)c4ccccc4)nn3)O[C@@]3(C(=O)N(Cc4ccc(N5CCCCC5=O)cc4)c4ccc(N5CCCCC5=O)cc43)[C@@H]2C)cc1. The Bertz CT molecular complexity index is 2430. The van der Waals surface area contributed by atoms with Crippen LogP contribution in [0, 0.1) is 11.8 Å². The molecule has 1 N–H and O–H groups in total. The molecule has 62 heavy (non-hydrogen) atoms. The first-order valence-corrected chi connectivity index (χ1v) is 22.1. The topological polar surface area (TPSA) is 130 Å². The van der Waals surface area contributed by atoms with Gasteiger partial charge in [-0.25, -0.2) is 0 Å². The van der Waals surface area contributed by atoms with Crippen LogP contribution in [0.5, 0.6) is 5.75 Å². The minimum absolute atomic E-state index is 0.0834. The lowest BCUT2D eigenvalue weighted by Gasteiger charge is -2.39. The quantitative estimate of drug-likeness (QED) is 0.135. The first-order valence-electron chi connectivity index (χ1n) is 22.1. The van der Waals surface area contributed by atoms with Crippen molar-refractivity contribution in [3.63, 3.8) is 0 Å². The van der Waals surface area contributed by atoms with Crippen LogP contribution in [0.25, 0.3) is 0 Å². The number of carbonyl (C=O) groups is 3. The molecule has 4 aromatic carbocycles. The summed E-state index contributed by atoms with van der Waals surface area (Å²) in [7, 11) is 1.66. The van der Waals surface area contributed by atoms with E-state index in [0.29, 0.717) is 51.1 Å². The third kappa shape index (κ3) is 7.36. The third-order valence-electron chi connectivity index (χ3n) is 14.0. The molecule has 4 aliphatic rings. The lowest BCUT2D eigenvalue weighted by atomic mass is 9.63. The molecule has 1 spiro atoms. The van der Waals surface area contributed by atoms with Gasteiger partial charge in [0, 0.05) is 61.2 Å². The van der Waals surface area contributed by atoms with Crippen molar-refractivity contribution in [2.45, 2.75) is 102 Å². The molecule has 5 atom stereocenters. The maximum atomic E-state index is 15.6. The summed E-state index contributed by atoms with van der Waals surface area (Å²) in [6.45, 7) is 8.68. The van der Waals surface area contributed by atoms with Gasteiger partial charge in [-0.15, -0.1) is 5.10 Å². The van der Waals surface area contributed by atoms with Crippen LogP contribution in [-0.2, 0) is 43.2 Å². The van der Waals surface area contributed by atoms with Crippen LogP contribution in [0.15, 0.2) is 103 Å². The Kier molecular flexibility index (Phi) is 11.2. The summed E-state index contributed by atoms with van der Waals surface area (Å²) in [4.78, 5) is 47.3. The maximum absolute atomic E-state index is 15.6. The van der Waals surface area contributed by atoms with Crippen molar-refractivity contribution >= 4 is 34.8 Å². The van der Waals surface area contributed by atoms with E-state index in [9.17, 15) is 14.7 Å². The number of fused-ring (bicyclic) bond motifs is 2. The van der Waals surface area contributed by atoms with E-state index in [-0.39, 0.29) is 29.6 Å². The highest BCUT2D eigenvalue weighted by Gasteiger charge is 2.66. The summed E-state index contributed by atoms with van der Waals surface area (Å²) in [6.07, 6.45) is 5.69. The Morgan fingerprint density at radius 3 is 2.18 bits per heavy atom. The molecule has 322 valence electrons. The molecular weight excluding hydrogens is 781 g/mol. The standard InChI is InChI=1S/C50H56N6O6/c1-33-46(49(2,3)36-18-23-39(61-4)24-19-36)43(26-29-53-32-41(51-52-53)47(59)35-12-6-5-7-13-35)62-50(33)40-30-38(55-28-11-9-15-45(55)58)22-25-42(40)56(48(50)60)31-34-16-20-37(21-17-34)54-27-10-8-14-44(54)57/h5-7,12-13,16-25,30,32-33,43,46-47,59H,8-11,14-15,26-29,31H2,1-4H3/t33-,43+,46-,47-,50+/m1/s1. The van der Waals surface area contributed by atoms with Gasteiger partial charge in [-0.2, -0.15) is 0 Å². The molecule has 0 bridgehead atoms. The van der Waals surface area contributed by atoms with E-state index in [1.165, 1.54) is 0 Å². The van der Waals surface area contributed by atoms with E-state index in [4.69, 9.17) is 9.47 Å². The van der Waals surface area contributed by atoms with Gasteiger partial charge in [0.25, 0.3) is 5.91 Å². The van der Waals surface area contributed by atoms with Crippen molar-refractivity contribution in [1.29, 1.82) is 0 Å². The van der Waals surface area contributed by atoms with Gasteiger partial charge in [-0.1, -0.05) is 80.6 Å². The number of carbonyl (C=O) groups excluding carboxylic acids is 3. The molecule has 12 heteroatoms. The third-order valence-corrected chi connectivity index (χ3v) is 14.0. The minimum Gasteiger partial charge on any atom is -0.497 e. The van der Waals surface area contributed by atoms with E-state index >= 15 is 4.79 Å². The largest absolute Gasteiger partial charge is 0.497 e. The second kappa shape index (κ2) is 16.8. The highest BCUT2D eigenvalue weighted by molar-refractivity contribution is 6.08. The number of hydrogen-bond acceptors (Lipinski definition) is 8. The van der Waals surface area contributed by atoms with E-state index in [0.717, 1.165) is 70.7 Å². The van der Waals surface area contributed by atoms with Crippen molar-refractivity contribution in [3.8, 4) is 5.75 Å². The average Bonchev–Trinajstić information content (AvgIpc) is 3.96. The zero-order valence-corrected chi connectivity index (χ0v) is 36.1. The maximum Gasteiger partial charge on any atom is 0.264 e. The number of piperidine rings is 2. The first-order chi connectivity index (χ1) is 30.0. The monoisotopic (exact) mass is 836 g/mol. The van der Waals surface area contributed by atoms with Gasteiger partial charge in [0.05, 0.1) is 31.6 Å². The lowest BCUT2D eigenvalue weighted by molar-refractivity contribution is -0.146. The molecule has 3 amide bonds. The Morgan fingerprint density at radius 2 is 1.52 bits per heavy atom. The molecule has 0 radical (unpaired) electrons. The zero-order valence-electron chi connectivity index (χ0n) is 36.1. The van der Waals surface area contributed by atoms with Crippen molar-refractivity contribution in [3.05, 3.63) is 131 Å². The number of rotatable bonds is 12. The fourth-order valence-electron chi connectivity index (χ4n) is 10.6. The molecule has 1 aromatic heterocycles. The van der Waals surface area contributed by atoms with Gasteiger partial charge in [-0.3, -0.25) is 19.1 Å². The van der Waals surface area contributed by atoms with Crippen LogP contribution in [-0.4, -0.2) is 64.1 Å². The van der Waals surface area contributed by atoms with E-state index in [2.05, 4.69) is 43.2 Å². The molecule has 0 saturated carbocycles. The van der Waals surface area contributed by atoms with Gasteiger partial charge in [0.15, 0.2) is 5.60 Å². The van der Waals surface area contributed by atoms with Gasteiger partial charge >= 0.3 is 0 Å². The molecule has 5 heterocycles. The summed E-state index contributed by atoms with van der Waals surface area (Å²) in [5, 5.41) is 19.9. The van der Waals surface area contributed by atoms with E-state index in [1.807, 2.05) is 99.6 Å². The molecule has 5 aromatic rings. The fraction of sp³-hybridized carbons (Fsp3) is 0.420. The van der Waals surface area contributed by atoms with Gasteiger partial charge in [-0.05, 0) is 96.7 Å². The molecule has 0 aliphatic carbocycles. The Labute approximate surface area is 363 Å². The van der Waals surface area contributed by atoms with Crippen molar-refractivity contribution in [1.82, 2.24) is 15.0 Å². The number of methoxy groups -OCH3 is 1. The summed E-state index contributed by atoms with van der Waals surface area (Å²) < 4.78 is 14.7. The number of aryl methyl sites for hydroxylation is 1. The average molecular weight is 837 g/mol. The van der Waals surface area contributed by atoms with Gasteiger partial charge in [0.1, 0.15) is 17.5 Å². The smallest absolute Gasteiger partial charge is 0.264 e. The molecular formula is C50H56N6O6. The molecule has 3 saturated heterocycles. The molecule has 0 unspecified atom stereocenters. The Balaban J connectivity index is 1.09. The van der Waals surface area contributed by atoms with Crippen LogP contribution in [0.1, 0.15) is 99.8 Å². The van der Waals surface area contributed by atoms with Gasteiger partial charge in [0.2, 0.25) is 11.8 Å². The predicted molar refractivity (Wildman–Crippen MR) is 237 cm³/mol. The van der Waals surface area contributed by atoms with E-state index in [1.54, 1.807) is 18.0 Å². The second-order valence-electron chi connectivity index (χ2n) is 17.9. The van der Waals surface area contributed by atoms with Crippen LogP contribution in [0.2, 0.25) is 0 Å². The van der Waals surface area contributed by atoms with Crippen molar-refractivity contribution < 1.29 is 29.0 Å².